The smallest absolute Gasteiger partial charge is 0.417 e. The average Bonchev–Trinajstić information content (AvgIpc) is 3.21. The molecule has 0 aliphatic carbocycles. The summed E-state index contributed by atoms with van der Waals surface area (Å²) in [5.41, 5.74) is -10.3. The summed E-state index contributed by atoms with van der Waals surface area (Å²) in [6, 6.07) is 5.49. The van der Waals surface area contributed by atoms with Gasteiger partial charge in [-0.05, 0) is 101 Å². The number of rotatable bonds is 15. The largest absolute Gasteiger partial charge is 0.478 e. The quantitative estimate of drug-likeness (QED) is 0.0561. The normalized spacial score (nSPS) is 12.7. The van der Waals surface area contributed by atoms with Gasteiger partial charge in [-0.1, -0.05) is 18.2 Å². The molecule has 1 unspecified atom stereocenters. The lowest BCUT2D eigenvalue weighted by atomic mass is 9.75. The second-order valence-corrected chi connectivity index (χ2v) is 15.8. The van der Waals surface area contributed by atoms with Crippen molar-refractivity contribution < 1.29 is 85.1 Å². The van der Waals surface area contributed by atoms with E-state index in [4.69, 9.17) is 5.73 Å². The van der Waals surface area contributed by atoms with Crippen molar-refractivity contribution in [2.45, 2.75) is 71.0 Å². The van der Waals surface area contributed by atoms with Crippen LogP contribution in [0.1, 0.15) is 141 Å². The van der Waals surface area contributed by atoms with Crippen LogP contribution < -0.4 is 27.0 Å². The van der Waals surface area contributed by atoms with Crippen LogP contribution in [0, 0.1) is 0 Å². The first-order valence-corrected chi connectivity index (χ1v) is 19.5. The van der Waals surface area contributed by atoms with E-state index in [-0.39, 0.29) is 12.6 Å². The molecule has 0 spiro atoms. The van der Waals surface area contributed by atoms with Gasteiger partial charge in [-0.25, -0.2) is 19.2 Å². The van der Waals surface area contributed by atoms with Gasteiger partial charge in [0.05, 0.1) is 66.7 Å². The number of alkyl halides is 6. The number of hydrogen-bond donors (Lipinski definition) is 9. The Morgan fingerprint density at radius 2 is 0.940 bits per heavy atom. The Morgan fingerprint density at radius 1 is 0.552 bits per heavy atom. The van der Waals surface area contributed by atoms with E-state index in [1.54, 1.807) is 0 Å². The molecule has 0 aromatic heterocycles. The molecule has 0 aliphatic heterocycles. The third-order valence-corrected chi connectivity index (χ3v) is 10.5. The van der Waals surface area contributed by atoms with Crippen LogP contribution in [0.4, 0.5) is 32.0 Å². The highest BCUT2D eigenvalue weighted by atomic mass is 19.4. The molecule has 0 heterocycles. The van der Waals surface area contributed by atoms with E-state index in [0.717, 1.165) is 19.1 Å². The number of nitrogens with one attached hydrogen (secondary N) is 4. The molecule has 0 saturated heterocycles. The second-order valence-electron chi connectivity index (χ2n) is 15.8. The Morgan fingerprint density at radius 3 is 1.36 bits per heavy atom. The van der Waals surface area contributed by atoms with Crippen LogP contribution in [0.2, 0.25) is 0 Å². The first kappa shape index (κ1) is 51.8. The molecule has 356 valence electrons. The van der Waals surface area contributed by atoms with Gasteiger partial charge in [-0.2, -0.15) is 26.3 Å². The molecule has 4 amide bonds. The van der Waals surface area contributed by atoms with Gasteiger partial charge in [0, 0.05) is 18.3 Å². The molecule has 4 aromatic carbocycles. The molecule has 0 bridgehead atoms. The van der Waals surface area contributed by atoms with Crippen LogP contribution in [0.15, 0.2) is 60.7 Å². The van der Waals surface area contributed by atoms with E-state index >= 15 is 0 Å². The fraction of sp³-hybridized carbons (Fsp3) is 0.273. The first-order valence-electron chi connectivity index (χ1n) is 19.5. The molecule has 1 atom stereocenters. The van der Waals surface area contributed by atoms with E-state index in [9.17, 15) is 85.1 Å². The predicted octanol–water partition coefficient (Wildman–Crippen LogP) is 6.71. The van der Waals surface area contributed by atoms with Crippen molar-refractivity contribution in [1.82, 2.24) is 16.0 Å². The fourth-order valence-electron chi connectivity index (χ4n) is 6.72. The highest BCUT2D eigenvalue weighted by Crippen LogP contribution is 2.45. The van der Waals surface area contributed by atoms with Crippen molar-refractivity contribution in [3.05, 3.63) is 122 Å². The minimum Gasteiger partial charge on any atom is -0.478 e. The van der Waals surface area contributed by atoms with Gasteiger partial charge in [0.1, 0.15) is 0 Å². The van der Waals surface area contributed by atoms with Gasteiger partial charge in [0.15, 0.2) is 0 Å². The van der Waals surface area contributed by atoms with E-state index < -0.39 is 155 Å². The summed E-state index contributed by atoms with van der Waals surface area (Å²) in [5.74, 6) is -11.8. The number of carbonyl (C=O) groups excluding carboxylic acids is 4. The number of anilines is 1. The number of benzene rings is 4. The lowest BCUT2D eigenvalue weighted by molar-refractivity contribution is -0.139. The van der Waals surface area contributed by atoms with Crippen molar-refractivity contribution in [2.75, 3.05) is 11.9 Å². The number of carboxylic acid groups (broad SMARTS) is 4. The lowest BCUT2D eigenvalue weighted by Gasteiger charge is -2.43. The fourth-order valence-corrected chi connectivity index (χ4v) is 6.72. The second kappa shape index (κ2) is 19.0. The third-order valence-electron chi connectivity index (χ3n) is 10.5. The minimum absolute atomic E-state index is 0.00612. The Balaban J connectivity index is 1.81. The summed E-state index contributed by atoms with van der Waals surface area (Å²) in [6.45, 7) is 8.11. The van der Waals surface area contributed by atoms with Crippen molar-refractivity contribution in [3.63, 3.8) is 0 Å². The van der Waals surface area contributed by atoms with Crippen molar-refractivity contribution in [2.24, 2.45) is 5.73 Å². The Hall–Kier alpha value is -7.82. The van der Waals surface area contributed by atoms with Crippen LogP contribution in [0.25, 0.3) is 11.1 Å². The summed E-state index contributed by atoms with van der Waals surface area (Å²) in [5, 5.41) is 48.0. The van der Waals surface area contributed by atoms with Crippen LogP contribution in [0.3, 0.4) is 0 Å². The van der Waals surface area contributed by atoms with Gasteiger partial charge >= 0.3 is 36.2 Å². The van der Waals surface area contributed by atoms with Gasteiger partial charge in [0.2, 0.25) is 0 Å². The van der Waals surface area contributed by atoms with Gasteiger partial charge < -0.3 is 47.4 Å². The number of carbonyl (C=O) groups is 8. The molecular weight excluding hydrogens is 904 g/mol. The van der Waals surface area contributed by atoms with Crippen LogP contribution in [-0.2, 0) is 17.9 Å². The van der Waals surface area contributed by atoms with Gasteiger partial charge in [-0.3, -0.25) is 19.2 Å². The maximum Gasteiger partial charge on any atom is 0.417 e. The number of halogens is 6. The third kappa shape index (κ3) is 11.0. The van der Waals surface area contributed by atoms with Crippen LogP contribution in [0.5, 0.6) is 0 Å². The number of aromatic carboxylic acids is 4. The predicted molar refractivity (Wildman–Crippen MR) is 224 cm³/mol. The number of nitrogens with two attached hydrogens (primary N) is 1. The maximum atomic E-state index is 14.9. The molecule has 17 nitrogen and oxygen atoms in total. The molecule has 0 aliphatic rings. The molecule has 4 aromatic rings. The monoisotopic (exact) mass is 945 g/mol. The molecule has 0 saturated carbocycles. The molecule has 4 rings (SSSR count). The van der Waals surface area contributed by atoms with Gasteiger partial charge in [0.25, 0.3) is 23.6 Å². The summed E-state index contributed by atoms with van der Waals surface area (Å²) < 4.78 is 89.0. The summed E-state index contributed by atoms with van der Waals surface area (Å²) in [7, 11) is 0. The zero-order chi connectivity index (χ0) is 50.9. The average molecular weight is 946 g/mol. The van der Waals surface area contributed by atoms with Crippen molar-refractivity contribution in [3.8, 4) is 11.1 Å². The number of carboxylic acids is 4. The summed E-state index contributed by atoms with van der Waals surface area (Å²) in [4.78, 5) is 101. The Labute approximate surface area is 375 Å². The SMILES string of the molecule is CCNC(=O)c1cc(C(=O)NC(C)(C)C(C)(N)c2ccc(-c3ccc(NC(=O)c4cc(C(=O)NC(C)C)c(C(=O)O)cc4C(=O)O)cc3C(F)(F)F)c(C(F)(F)F)c2)c(C(=O)O)cc1C(=O)O. The van der Waals surface area contributed by atoms with E-state index in [2.05, 4.69) is 16.0 Å². The highest BCUT2D eigenvalue weighted by molar-refractivity contribution is 6.15. The van der Waals surface area contributed by atoms with E-state index in [1.165, 1.54) is 34.6 Å². The van der Waals surface area contributed by atoms with Crippen molar-refractivity contribution >= 4 is 53.2 Å². The number of amides is 4. The highest BCUT2D eigenvalue weighted by Gasteiger charge is 2.44. The first-order chi connectivity index (χ1) is 30.7. The molecule has 23 heteroatoms. The van der Waals surface area contributed by atoms with Gasteiger partial charge in [-0.15, -0.1) is 0 Å². The standard InChI is InChI=1S/C44H41F6N5O12/c1-7-52-33(56)23-14-26(30(40(66)67)16-27(23)37(60)61)36(59)55-41(4,5)42(6,51)19-8-10-21(31(12-19)43(45,46)47)22-11-9-20(13-32(22)44(48,49)50)54-35(58)25-15-24(34(57)53-18(2)3)28(38(62)63)17-29(25)39(64)65/h8-18H,7,51H2,1-6H3,(H,52,56)(H,53,57)(H,54,58)(H,55,59)(H,60,61)(H,62,63)(H,64,65)(H,66,67). The molecule has 67 heavy (non-hydrogen) atoms. The zero-order valence-corrected chi connectivity index (χ0v) is 36.0. The molecular formula is C44H41F6N5O12. The summed E-state index contributed by atoms with van der Waals surface area (Å²) >= 11 is 0. The Bertz CT molecular complexity index is 2750. The zero-order valence-electron chi connectivity index (χ0n) is 36.0. The number of hydrogen-bond acceptors (Lipinski definition) is 9. The minimum atomic E-state index is -5.42. The molecule has 10 N–H and O–H groups in total. The molecule has 0 fully saturated rings. The van der Waals surface area contributed by atoms with Crippen LogP contribution >= 0.6 is 0 Å². The van der Waals surface area contributed by atoms with E-state index in [1.807, 2.05) is 5.32 Å². The van der Waals surface area contributed by atoms with E-state index in [0.29, 0.717) is 42.5 Å². The Kier molecular flexibility index (Phi) is 14.7. The maximum absolute atomic E-state index is 14.9. The summed E-state index contributed by atoms with van der Waals surface area (Å²) in [6.07, 6.45) is -10.8. The van der Waals surface area contributed by atoms with Crippen LogP contribution in [-0.4, -0.2) is 86.1 Å². The lowest BCUT2D eigenvalue weighted by Crippen LogP contribution is -2.62. The topological polar surface area (TPSA) is 292 Å². The molecule has 0 radical (unpaired) electrons. The van der Waals surface area contributed by atoms with Crippen molar-refractivity contribution in [1.29, 1.82) is 0 Å².